The average molecular weight is 438 g/mol. The molecule has 0 bridgehead atoms. The molecule has 9 heteroatoms. The van der Waals surface area contributed by atoms with Crippen molar-refractivity contribution in [2.75, 3.05) is 24.3 Å². The van der Waals surface area contributed by atoms with Gasteiger partial charge in [0.2, 0.25) is 0 Å². The maximum Gasteiger partial charge on any atom is 0.308 e. The quantitative estimate of drug-likeness (QED) is 0.366. The first-order valence-corrected chi connectivity index (χ1v) is 10.8. The van der Waals surface area contributed by atoms with Crippen LogP contribution in [0.1, 0.15) is 39.7 Å². The third-order valence-corrected chi connectivity index (χ3v) is 6.15. The lowest BCUT2D eigenvalue weighted by atomic mass is 10.0. The highest BCUT2D eigenvalue weighted by Crippen LogP contribution is 2.37. The number of thioether (sulfide) groups is 1. The Morgan fingerprint density at radius 1 is 1.45 bits per heavy atom. The fraction of sp³-hybridized carbons (Fsp3) is 0.500. The van der Waals surface area contributed by atoms with Crippen LogP contribution in [0.25, 0.3) is 0 Å². The van der Waals surface area contributed by atoms with Crippen molar-refractivity contribution in [1.29, 1.82) is 5.26 Å². The van der Waals surface area contributed by atoms with Gasteiger partial charge in [-0.2, -0.15) is 5.26 Å². The van der Waals surface area contributed by atoms with Gasteiger partial charge >= 0.3 is 5.97 Å². The number of halogens is 1. The first kappa shape index (κ1) is 23.1. The second kappa shape index (κ2) is 9.09. The first-order valence-electron chi connectivity index (χ1n) is 9.21. The van der Waals surface area contributed by atoms with Gasteiger partial charge in [0, 0.05) is 6.54 Å². The van der Waals surface area contributed by atoms with Crippen LogP contribution in [0, 0.1) is 23.1 Å². The largest absolute Gasteiger partial charge is 0.466 e. The summed E-state index contributed by atoms with van der Waals surface area (Å²) in [5, 5.41) is 9.35. The van der Waals surface area contributed by atoms with E-state index in [1.54, 1.807) is 38.9 Å². The topological polar surface area (TPSA) is 73.6 Å². The monoisotopic (exact) mass is 437 g/mol. The molecule has 0 aliphatic carbocycles. The molecule has 1 amide bonds. The molecule has 0 radical (unpaired) electrons. The van der Waals surface area contributed by atoms with Gasteiger partial charge in [-0.15, -0.1) is 11.8 Å². The van der Waals surface area contributed by atoms with Crippen LogP contribution >= 0.6 is 24.0 Å². The highest BCUT2D eigenvalue weighted by Gasteiger charge is 2.50. The summed E-state index contributed by atoms with van der Waals surface area (Å²) >= 11 is 6.62. The van der Waals surface area contributed by atoms with Gasteiger partial charge in [0.1, 0.15) is 11.6 Å². The number of anilines is 1. The van der Waals surface area contributed by atoms with Crippen LogP contribution in [0.15, 0.2) is 17.0 Å². The molecule has 0 saturated carbocycles. The van der Waals surface area contributed by atoms with Crippen LogP contribution in [0.3, 0.4) is 0 Å². The first-order chi connectivity index (χ1) is 13.6. The number of benzene rings is 1. The molecule has 1 fully saturated rings. The Morgan fingerprint density at radius 3 is 2.66 bits per heavy atom. The summed E-state index contributed by atoms with van der Waals surface area (Å²) < 4.78 is 20.1. The van der Waals surface area contributed by atoms with Gasteiger partial charge in [0.15, 0.2) is 10.9 Å². The van der Waals surface area contributed by atoms with Crippen LogP contribution in [-0.2, 0) is 14.3 Å². The highest BCUT2D eigenvalue weighted by atomic mass is 32.2. The molecule has 1 saturated heterocycles. The van der Waals surface area contributed by atoms with Gasteiger partial charge in [-0.1, -0.05) is 6.92 Å². The SMILES string of the molecule is CCOC(=O)C(C)CCN1C(=S)N(c2ccc(C#N)c(SC)c2F)C(=O)C1(C)C. The molecule has 156 valence electrons. The molecule has 1 aromatic carbocycles. The van der Waals surface area contributed by atoms with Gasteiger partial charge in [-0.3, -0.25) is 14.5 Å². The van der Waals surface area contributed by atoms with Gasteiger partial charge in [-0.25, -0.2) is 4.39 Å². The third kappa shape index (κ3) is 4.23. The molecule has 0 N–H and O–H groups in total. The average Bonchev–Trinajstić information content (AvgIpc) is 2.84. The molecule has 0 aromatic heterocycles. The van der Waals surface area contributed by atoms with E-state index in [9.17, 15) is 14.9 Å². The summed E-state index contributed by atoms with van der Waals surface area (Å²) in [6, 6.07) is 4.84. The van der Waals surface area contributed by atoms with Crippen LogP contribution in [0.2, 0.25) is 0 Å². The Labute approximate surface area is 180 Å². The zero-order valence-corrected chi connectivity index (χ0v) is 18.7. The van der Waals surface area contributed by atoms with Crippen molar-refractivity contribution in [2.45, 2.75) is 44.6 Å². The number of hydrogen-bond donors (Lipinski definition) is 0. The van der Waals surface area contributed by atoms with Crippen LogP contribution in [0.5, 0.6) is 0 Å². The van der Waals surface area contributed by atoms with Gasteiger partial charge in [0.25, 0.3) is 5.91 Å². The van der Waals surface area contributed by atoms with Crippen LogP contribution in [-0.4, -0.2) is 46.8 Å². The molecular formula is C20H24FN3O3S2. The second-order valence-electron chi connectivity index (χ2n) is 7.17. The van der Waals surface area contributed by atoms with Crippen molar-refractivity contribution in [2.24, 2.45) is 5.92 Å². The number of nitrogens with zero attached hydrogens (tertiary/aromatic N) is 3. The number of thiocarbonyl (C=S) groups is 1. The standard InChI is InChI=1S/C20H24FN3O3S2/c1-6-27-17(25)12(2)9-10-23-19(28)24(18(26)20(23,3)4)14-8-7-13(11-22)16(29-5)15(14)21/h7-8,12H,6,9-10H2,1-5H3. The number of rotatable bonds is 7. The summed E-state index contributed by atoms with van der Waals surface area (Å²) in [4.78, 5) is 28.0. The molecule has 2 rings (SSSR count). The number of carbonyl (C=O) groups excluding carboxylic acids is 2. The number of hydrogen-bond acceptors (Lipinski definition) is 6. The maximum absolute atomic E-state index is 15.1. The lowest BCUT2D eigenvalue weighted by Gasteiger charge is -2.30. The Balaban J connectivity index is 2.34. The Bertz CT molecular complexity index is 882. The van der Waals surface area contributed by atoms with E-state index < -0.39 is 11.4 Å². The van der Waals surface area contributed by atoms with Gasteiger partial charge in [0.05, 0.1) is 28.7 Å². The molecule has 0 spiro atoms. The number of carbonyl (C=O) groups is 2. The fourth-order valence-electron chi connectivity index (χ4n) is 3.15. The van der Waals surface area contributed by atoms with Crippen LogP contribution in [0.4, 0.5) is 10.1 Å². The molecule has 1 aliphatic rings. The van der Waals surface area contributed by atoms with E-state index in [2.05, 4.69) is 0 Å². The molecule has 1 heterocycles. The zero-order chi connectivity index (χ0) is 21.9. The Morgan fingerprint density at radius 2 is 2.10 bits per heavy atom. The summed E-state index contributed by atoms with van der Waals surface area (Å²) in [6.45, 7) is 7.59. The number of esters is 1. The minimum Gasteiger partial charge on any atom is -0.466 e. The maximum atomic E-state index is 15.1. The van der Waals surface area contributed by atoms with E-state index in [0.29, 0.717) is 19.6 Å². The fourth-order valence-corrected chi connectivity index (χ4v) is 4.27. The number of ether oxygens (including phenoxy) is 1. The van der Waals surface area contributed by atoms with E-state index >= 15 is 4.39 Å². The van der Waals surface area contributed by atoms with E-state index in [-0.39, 0.29) is 39.1 Å². The lowest BCUT2D eigenvalue weighted by molar-refractivity contribution is -0.147. The van der Waals surface area contributed by atoms with Crippen molar-refractivity contribution in [3.63, 3.8) is 0 Å². The second-order valence-corrected chi connectivity index (χ2v) is 8.35. The summed E-state index contributed by atoms with van der Waals surface area (Å²) in [5.41, 5.74) is -0.765. The molecule has 1 aliphatic heterocycles. The normalized spacial score (nSPS) is 16.7. The van der Waals surface area contributed by atoms with E-state index in [0.717, 1.165) is 11.8 Å². The summed E-state index contributed by atoms with van der Waals surface area (Å²) in [5.74, 6) is -1.67. The summed E-state index contributed by atoms with van der Waals surface area (Å²) in [7, 11) is 0. The predicted octanol–water partition coefficient (Wildman–Crippen LogP) is 3.72. The van der Waals surface area contributed by atoms with E-state index in [4.69, 9.17) is 17.0 Å². The smallest absolute Gasteiger partial charge is 0.308 e. The summed E-state index contributed by atoms with van der Waals surface area (Å²) in [6.07, 6.45) is 2.11. The minimum absolute atomic E-state index is 0.0253. The van der Waals surface area contributed by atoms with Crippen LogP contribution < -0.4 is 4.90 Å². The van der Waals surface area contributed by atoms with Crippen molar-refractivity contribution in [1.82, 2.24) is 4.90 Å². The Hall–Kier alpha value is -2.18. The van der Waals surface area contributed by atoms with E-state index in [1.807, 2.05) is 6.07 Å². The number of nitriles is 1. The van der Waals surface area contributed by atoms with Crippen molar-refractivity contribution >= 4 is 46.7 Å². The highest BCUT2D eigenvalue weighted by molar-refractivity contribution is 7.98. The lowest BCUT2D eigenvalue weighted by Crippen LogP contribution is -2.45. The Kier molecular flexibility index (Phi) is 7.25. The van der Waals surface area contributed by atoms with E-state index in [1.165, 1.54) is 17.0 Å². The van der Waals surface area contributed by atoms with Gasteiger partial charge in [-0.05, 0) is 57.8 Å². The molecule has 6 nitrogen and oxygen atoms in total. The van der Waals surface area contributed by atoms with Crippen molar-refractivity contribution < 1.29 is 18.7 Å². The molecule has 29 heavy (non-hydrogen) atoms. The molecule has 1 unspecified atom stereocenters. The molecule has 1 aromatic rings. The molecule has 1 atom stereocenters. The van der Waals surface area contributed by atoms with Crippen molar-refractivity contribution in [3.05, 3.63) is 23.5 Å². The third-order valence-electron chi connectivity index (χ3n) is 4.94. The van der Waals surface area contributed by atoms with Gasteiger partial charge < -0.3 is 9.64 Å². The van der Waals surface area contributed by atoms with Crippen molar-refractivity contribution in [3.8, 4) is 6.07 Å². The minimum atomic E-state index is -0.995. The zero-order valence-electron chi connectivity index (χ0n) is 17.1. The number of amides is 1. The predicted molar refractivity (Wildman–Crippen MR) is 114 cm³/mol. The molecular weight excluding hydrogens is 413 g/mol.